The Hall–Kier alpha value is -2.91. The molecule has 0 aliphatic rings. The average Bonchev–Trinajstić information content (AvgIpc) is 2.45. The number of carbonyl (C=O) groups is 5. The first kappa shape index (κ1) is 23.1. The number of hydrogen-bond acceptors (Lipinski definition) is 10. The molecule has 0 fully saturated rings. The molecular formula is C16H22O10. The highest BCUT2D eigenvalue weighted by Gasteiger charge is 2.40. The van der Waals surface area contributed by atoms with E-state index in [1.807, 2.05) is 0 Å². The van der Waals surface area contributed by atoms with E-state index >= 15 is 0 Å². The van der Waals surface area contributed by atoms with Gasteiger partial charge < -0.3 is 23.7 Å². The Balaban J connectivity index is 5.84. The van der Waals surface area contributed by atoms with Crippen LogP contribution in [0.4, 0.5) is 0 Å². The van der Waals surface area contributed by atoms with E-state index in [-0.39, 0.29) is 5.76 Å². The van der Waals surface area contributed by atoms with Gasteiger partial charge in [-0.05, 0) is 0 Å². The molecule has 0 aliphatic carbocycles. The van der Waals surface area contributed by atoms with Crippen LogP contribution in [0, 0.1) is 0 Å². The maximum Gasteiger partial charge on any atom is 0.307 e. The number of esters is 5. The topological polar surface area (TPSA) is 132 Å². The molecule has 0 spiro atoms. The molecule has 0 aromatic carbocycles. The van der Waals surface area contributed by atoms with Crippen LogP contribution >= 0.6 is 0 Å². The molecule has 0 N–H and O–H groups in total. The minimum Gasteiger partial charge on any atom is -0.462 e. The van der Waals surface area contributed by atoms with Crippen molar-refractivity contribution in [1.82, 2.24) is 0 Å². The van der Waals surface area contributed by atoms with E-state index in [9.17, 15) is 24.0 Å². The van der Waals surface area contributed by atoms with Crippen molar-refractivity contribution in [2.24, 2.45) is 0 Å². The standard InChI is InChI=1S/C16H22O10/c1-8(23-10(3)18)15(25-12(5)20)16(26-13(6)21)14(24-11(4)19)7-22-9(2)17/h14-16H,1,7H2,2-6H3/t14-,15-,16-/m1/s1. The van der Waals surface area contributed by atoms with Gasteiger partial charge in [-0.2, -0.15) is 0 Å². The molecule has 0 saturated heterocycles. The van der Waals surface area contributed by atoms with E-state index < -0.39 is 54.8 Å². The molecule has 0 rings (SSSR count). The summed E-state index contributed by atoms with van der Waals surface area (Å²) in [4.78, 5) is 56.5. The fourth-order valence-electron chi connectivity index (χ4n) is 1.87. The predicted octanol–water partition coefficient (Wildman–Crippen LogP) is 0.421. The van der Waals surface area contributed by atoms with Gasteiger partial charge in [0.2, 0.25) is 0 Å². The van der Waals surface area contributed by atoms with Crippen molar-refractivity contribution in [3.63, 3.8) is 0 Å². The smallest absolute Gasteiger partial charge is 0.307 e. The van der Waals surface area contributed by atoms with E-state index in [0.717, 1.165) is 34.6 Å². The zero-order chi connectivity index (χ0) is 20.4. The van der Waals surface area contributed by atoms with E-state index in [1.165, 1.54) is 0 Å². The normalized spacial score (nSPS) is 13.4. The zero-order valence-corrected chi connectivity index (χ0v) is 15.2. The van der Waals surface area contributed by atoms with Crippen LogP contribution in [0.1, 0.15) is 34.6 Å². The zero-order valence-electron chi connectivity index (χ0n) is 15.2. The van der Waals surface area contributed by atoms with Gasteiger partial charge in [0.15, 0.2) is 18.3 Å². The van der Waals surface area contributed by atoms with Gasteiger partial charge in [-0.3, -0.25) is 24.0 Å². The summed E-state index contributed by atoms with van der Waals surface area (Å²) in [5.41, 5.74) is 0. The third kappa shape index (κ3) is 9.40. The first-order valence-corrected chi connectivity index (χ1v) is 7.46. The lowest BCUT2D eigenvalue weighted by molar-refractivity contribution is -0.189. The molecule has 3 atom stereocenters. The highest BCUT2D eigenvalue weighted by Crippen LogP contribution is 2.21. The van der Waals surface area contributed by atoms with Crippen molar-refractivity contribution in [2.75, 3.05) is 6.61 Å². The van der Waals surface area contributed by atoms with Gasteiger partial charge in [0, 0.05) is 34.6 Å². The molecule has 0 aliphatic heterocycles. The predicted molar refractivity (Wildman–Crippen MR) is 84.2 cm³/mol. The van der Waals surface area contributed by atoms with Gasteiger partial charge in [0.05, 0.1) is 0 Å². The quantitative estimate of drug-likeness (QED) is 0.318. The lowest BCUT2D eigenvalue weighted by Gasteiger charge is -2.31. The van der Waals surface area contributed by atoms with Crippen LogP contribution in [-0.4, -0.2) is 54.8 Å². The average molecular weight is 374 g/mol. The molecule has 0 heterocycles. The summed E-state index contributed by atoms with van der Waals surface area (Å²) < 4.78 is 24.7. The number of rotatable bonds is 9. The van der Waals surface area contributed by atoms with Crippen LogP contribution < -0.4 is 0 Å². The Kier molecular flexibility index (Phi) is 9.64. The maximum absolute atomic E-state index is 11.5. The fraction of sp³-hybridized carbons (Fsp3) is 0.562. The fourth-order valence-corrected chi connectivity index (χ4v) is 1.87. The van der Waals surface area contributed by atoms with Crippen molar-refractivity contribution in [3.05, 3.63) is 12.3 Å². The van der Waals surface area contributed by atoms with Crippen LogP contribution in [0.3, 0.4) is 0 Å². The van der Waals surface area contributed by atoms with Crippen molar-refractivity contribution in [1.29, 1.82) is 0 Å². The highest BCUT2D eigenvalue weighted by molar-refractivity contribution is 5.70. The lowest BCUT2D eigenvalue weighted by atomic mass is 10.1. The van der Waals surface area contributed by atoms with Gasteiger partial charge in [-0.25, -0.2) is 0 Å². The van der Waals surface area contributed by atoms with E-state index in [0.29, 0.717) is 0 Å². The number of hydrogen-bond donors (Lipinski definition) is 0. The van der Waals surface area contributed by atoms with Crippen LogP contribution in [0.15, 0.2) is 12.3 Å². The van der Waals surface area contributed by atoms with Crippen LogP contribution in [0.2, 0.25) is 0 Å². The Bertz CT molecular complexity index is 580. The summed E-state index contributed by atoms with van der Waals surface area (Å²) in [7, 11) is 0. The first-order chi connectivity index (χ1) is 11.9. The minimum absolute atomic E-state index is 0.362. The van der Waals surface area contributed by atoms with Gasteiger partial charge in [-0.15, -0.1) is 0 Å². The molecule has 0 amide bonds. The molecule has 0 bridgehead atoms. The Morgan fingerprint density at radius 3 is 1.62 bits per heavy atom. The molecule has 146 valence electrons. The van der Waals surface area contributed by atoms with E-state index in [2.05, 4.69) is 6.58 Å². The third-order valence-corrected chi connectivity index (χ3v) is 2.62. The summed E-state index contributed by atoms with van der Waals surface area (Å²) in [5.74, 6) is -4.22. The molecule has 0 saturated carbocycles. The monoisotopic (exact) mass is 374 g/mol. The van der Waals surface area contributed by atoms with Crippen molar-refractivity contribution in [2.45, 2.75) is 52.9 Å². The summed E-state index contributed by atoms with van der Waals surface area (Å²) in [6.45, 7) is 8.37. The van der Waals surface area contributed by atoms with Crippen LogP contribution in [0.25, 0.3) is 0 Å². The Morgan fingerprint density at radius 2 is 1.23 bits per heavy atom. The summed E-state index contributed by atoms with van der Waals surface area (Å²) >= 11 is 0. The molecule has 26 heavy (non-hydrogen) atoms. The van der Waals surface area contributed by atoms with Gasteiger partial charge >= 0.3 is 29.8 Å². The van der Waals surface area contributed by atoms with Crippen LogP contribution in [-0.2, 0) is 47.7 Å². The third-order valence-electron chi connectivity index (χ3n) is 2.62. The molecule has 10 heteroatoms. The Morgan fingerprint density at radius 1 is 0.731 bits per heavy atom. The van der Waals surface area contributed by atoms with Gasteiger partial charge in [0.1, 0.15) is 12.4 Å². The Labute approximate surface area is 150 Å². The van der Waals surface area contributed by atoms with Crippen molar-refractivity contribution in [3.8, 4) is 0 Å². The second-order valence-electron chi connectivity index (χ2n) is 5.11. The molecular weight excluding hydrogens is 352 g/mol. The molecule has 0 aromatic heterocycles. The number of ether oxygens (including phenoxy) is 5. The first-order valence-electron chi connectivity index (χ1n) is 7.46. The summed E-state index contributed by atoms with van der Waals surface area (Å²) in [6, 6.07) is 0. The SMILES string of the molecule is C=C(OC(C)=O)[C@@H](OC(C)=O)[C@H](OC(C)=O)[C@@H](COC(C)=O)OC(C)=O. The second-order valence-corrected chi connectivity index (χ2v) is 5.11. The highest BCUT2D eigenvalue weighted by atomic mass is 16.6. The molecule has 0 radical (unpaired) electrons. The van der Waals surface area contributed by atoms with Crippen molar-refractivity contribution < 1.29 is 47.7 Å². The molecule has 0 aromatic rings. The van der Waals surface area contributed by atoms with Crippen LogP contribution in [0.5, 0.6) is 0 Å². The molecule has 10 nitrogen and oxygen atoms in total. The largest absolute Gasteiger partial charge is 0.462 e. The molecule has 0 unspecified atom stereocenters. The lowest BCUT2D eigenvalue weighted by Crippen LogP contribution is -2.48. The summed E-state index contributed by atoms with van der Waals surface area (Å²) in [6.07, 6.45) is -4.33. The maximum atomic E-state index is 11.5. The van der Waals surface area contributed by atoms with Gasteiger partial charge in [-0.1, -0.05) is 6.58 Å². The van der Waals surface area contributed by atoms with Gasteiger partial charge in [0.25, 0.3) is 0 Å². The number of carbonyl (C=O) groups excluding carboxylic acids is 5. The van der Waals surface area contributed by atoms with E-state index in [1.54, 1.807) is 0 Å². The minimum atomic E-state index is -1.50. The second kappa shape index (κ2) is 10.9. The summed E-state index contributed by atoms with van der Waals surface area (Å²) in [5, 5.41) is 0. The van der Waals surface area contributed by atoms with Crippen molar-refractivity contribution >= 4 is 29.8 Å². The van der Waals surface area contributed by atoms with E-state index in [4.69, 9.17) is 23.7 Å².